The molecule has 1 aromatic rings. The van der Waals surface area contributed by atoms with Gasteiger partial charge in [0.25, 0.3) is 0 Å². The highest BCUT2D eigenvalue weighted by Crippen LogP contribution is 2.13. The van der Waals surface area contributed by atoms with E-state index in [0.717, 1.165) is 6.54 Å². The van der Waals surface area contributed by atoms with Crippen LogP contribution in [0, 0.1) is 6.92 Å². The average Bonchev–Trinajstić information content (AvgIpc) is 2.04. The van der Waals surface area contributed by atoms with Gasteiger partial charge in [-0.1, -0.05) is 24.6 Å². The van der Waals surface area contributed by atoms with Gasteiger partial charge in [0.2, 0.25) is 0 Å². The first kappa shape index (κ1) is 8.62. The second-order valence-corrected chi connectivity index (χ2v) is 3.38. The summed E-state index contributed by atoms with van der Waals surface area (Å²) in [5, 5.41) is 0. The fourth-order valence-corrected chi connectivity index (χ4v) is 1.34. The zero-order chi connectivity index (χ0) is 8.10. The molecule has 0 unspecified atom stereocenters. The van der Waals surface area contributed by atoms with E-state index in [9.17, 15) is 0 Å². The van der Waals surface area contributed by atoms with Crippen LogP contribution in [-0.2, 0) is 0 Å². The number of benzene rings is 1. The summed E-state index contributed by atoms with van der Waals surface area (Å²) in [6.45, 7) is 5.20. The maximum atomic E-state index is 3.20. The molecule has 0 aliphatic rings. The van der Waals surface area contributed by atoms with Crippen LogP contribution in [0.4, 0.5) is 0 Å². The molecule has 0 spiro atoms. The molecule has 1 N–H and O–H groups in total. The fourth-order valence-electron chi connectivity index (χ4n) is 0.762. The van der Waals surface area contributed by atoms with E-state index in [0.29, 0.717) is 0 Å². The Labute approximate surface area is 72.3 Å². The quantitative estimate of drug-likeness (QED) is 0.694. The molecule has 2 heteroatoms. The summed E-state index contributed by atoms with van der Waals surface area (Å²) >= 11 is 1.68. The van der Waals surface area contributed by atoms with Gasteiger partial charge in [0.1, 0.15) is 0 Å². The molecule has 0 radical (unpaired) electrons. The van der Waals surface area contributed by atoms with Crippen LogP contribution >= 0.6 is 11.9 Å². The Morgan fingerprint density at radius 3 is 2.45 bits per heavy atom. The van der Waals surface area contributed by atoms with Crippen LogP contribution in [0.5, 0.6) is 0 Å². The summed E-state index contributed by atoms with van der Waals surface area (Å²) in [4.78, 5) is 1.28. The maximum absolute atomic E-state index is 3.20. The molecule has 0 atom stereocenters. The Morgan fingerprint density at radius 1 is 1.27 bits per heavy atom. The minimum atomic E-state index is 0.999. The molecular weight excluding hydrogens is 154 g/mol. The van der Waals surface area contributed by atoms with Gasteiger partial charge in [0.15, 0.2) is 0 Å². The van der Waals surface area contributed by atoms with E-state index < -0.39 is 0 Å². The second-order valence-electron chi connectivity index (χ2n) is 2.41. The Balaban J connectivity index is 2.52. The average molecular weight is 167 g/mol. The van der Waals surface area contributed by atoms with Crippen LogP contribution in [0.25, 0.3) is 0 Å². The van der Waals surface area contributed by atoms with Crippen molar-refractivity contribution in [2.45, 2.75) is 18.7 Å². The molecule has 1 rings (SSSR count). The largest absolute Gasteiger partial charge is 0.260 e. The lowest BCUT2D eigenvalue weighted by Crippen LogP contribution is -1.99. The first-order valence-corrected chi connectivity index (χ1v) is 4.61. The predicted octanol–water partition coefficient (Wildman–Crippen LogP) is 2.61. The molecule has 0 amide bonds. The van der Waals surface area contributed by atoms with Crippen molar-refractivity contribution >= 4 is 11.9 Å². The van der Waals surface area contributed by atoms with Crippen molar-refractivity contribution in [2.75, 3.05) is 6.54 Å². The highest BCUT2D eigenvalue weighted by atomic mass is 32.2. The molecule has 0 aliphatic heterocycles. The third-order valence-electron chi connectivity index (χ3n) is 1.36. The first-order chi connectivity index (χ1) is 5.33. The standard InChI is InChI=1S/C9H13NS/c1-3-10-11-9-6-4-8(2)5-7-9/h4-7,10H,3H2,1-2H3. The lowest BCUT2D eigenvalue weighted by atomic mass is 10.2. The van der Waals surface area contributed by atoms with Crippen LogP contribution in [-0.4, -0.2) is 6.54 Å². The highest BCUT2D eigenvalue weighted by molar-refractivity contribution is 7.97. The molecule has 0 saturated heterocycles. The highest BCUT2D eigenvalue weighted by Gasteiger charge is 1.89. The smallest absolute Gasteiger partial charge is 0.0228 e. The summed E-state index contributed by atoms with van der Waals surface area (Å²) in [7, 11) is 0. The van der Waals surface area contributed by atoms with E-state index in [1.54, 1.807) is 11.9 Å². The van der Waals surface area contributed by atoms with Gasteiger partial charge in [0, 0.05) is 11.4 Å². The Hall–Kier alpha value is -0.470. The van der Waals surface area contributed by atoms with Crippen LogP contribution in [0.2, 0.25) is 0 Å². The summed E-state index contributed by atoms with van der Waals surface area (Å²) in [6.07, 6.45) is 0. The summed E-state index contributed by atoms with van der Waals surface area (Å²) in [5.41, 5.74) is 1.31. The van der Waals surface area contributed by atoms with Gasteiger partial charge < -0.3 is 0 Å². The predicted molar refractivity (Wildman–Crippen MR) is 50.7 cm³/mol. The van der Waals surface area contributed by atoms with E-state index in [2.05, 4.69) is 42.8 Å². The number of aryl methyl sites for hydroxylation is 1. The number of hydrogen-bond donors (Lipinski definition) is 1. The Bertz CT molecular complexity index is 205. The zero-order valence-electron chi connectivity index (χ0n) is 6.92. The van der Waals surface area contributed by atoms with Crippen LogP contribution < -0.4 is 4.72 Å². The van der Waals surface area contributed by atoms with Crippen molar-refractivity contribution < 1.29 is 0 Å². The summed E-state index contributed by atoms with van der Waals surface area (Å²) in [6, 6.07) is 8.50. The zero-order valence-corrected chi connectivity index (χ0v) is 7.74. The lowest BCUT2D eigenvalue weighted by molar-refractivity contribution is 1.03. The summed E-state index contributed by atoms with van der Waals surface area (Å²) in [5.74, 6) is 0. The van der Waals surface area contributed by atoms with E-state index in [1.807, 2.05) is 0 Å². The molecule has 0 aliphatic carbocycles. The third kappa shape index (κ3) is 2.95. The molecule has 0 heterocycles. The van der Waals surface area contributed by atoms with E-state index in [1.165, 1.54) is 10.5 Å². The molecule has 60 valence electrons. The van der Waals surface area contributed by atoms with Crippen LogP contribution in [0.1, 0.15) is 12.5 Å². The SMILES string of the molecule is CCNSc1ccc(C)cc1. The van der Waals surface area contributed by atoms with Gasteiger partial charge in [-0.3, -0.25) is 4.72 Å². The van der Waals surface area contributed by atoms with Gasteiger partial charge in [-0.2, -0.15) is 0 Å². The molecule has 1 aromatic carbocycles. The molecule has 0 fully saturated rings. The number of nitrogens with one attached hydrogen (secondary N) is 1. The summed E-state index contributed by atoms with van der Waals surface area (Å²) < 4.78 is 3.20. The fraction of sp³-hybridized carbons (Fsp3) is 0.333. The van der Waals surface area contributed by atoms with E-state index in [-0.39, 0.29) is 0 Å². The molecule has 0 saturated carbocycles. The van der Waals surface area contributed by atoms with Gasteiger partial charge >= 0.3 is 0 Å². The third-order valence-corrected chi connectivity index (χ3v) is 2.30. The Morgan fingerprint density at radius 2 is 1.91 bits per heavy atom. The monoisotopic (exact) mass is 167 g/mol. The minimum Gasteiger partial charge on any atom is -0.260 e. The van der Waals surface area contributed by atoms with Crippen molar-refractivity contribution in [3.05, 3.63) is 29.8 Å². The topological polar surface area (TPSA) is 12.0 Å². The number of hydrogen-bond acceptors (Lipinski definition) is 2. The second kappa shape index (κ2) is 4.42. The Kier molecular flexibility index (Phi) is 3.46. The van der Waals surface area contributed by atoms with Crippen molar-refractivity contribution in [1.29, 1.82) is 0 Å². The van der Waals surface area contributed by atoms with E-state index >= 15 is 0 Å². The minimum absolute atomic E-state index is 0.999. The number of rotatable bonds is 3. The van der Waals surface area contributed by atoms with Crippen LogP contribution in [0.15, 0.2) is 29.2 Å². The van der Waals surface area contributed by atoms with Gasteiger partial charge in [-0.25, -0.2) is 0 Å². The molecular formula is C9H13NS. The molecule has 0 bridgehead atoms. The molecule has 0 aromatic heterocycles. The van der Waals surface area contributed by atoms with E-state index in [4.69, 9.17) is 0 Å². The van der Waals surface area contributed by atoms with Crippen molar-refractivity contribution in [2.24, 2.45) is 0 Å². The first-order valence-electron chi connectivity index (χ1n) is 3.79. The normalized spacial score (nSPS) is 10.0. The van der Waals surface area contributed by atoms with Crippen molar-refractivity contribution in [3.8, 4) is 0 Å². The maximum Gasteiger partial charge on any atom is 0.0228 e. The van der Waals surface area contributed by atoms with Gasteiger partial charge in [-0.15, -0.1) is 0 Å². The van der Waals surface area contributed by atoms with Crippen molar-refractivity contribution in [3.63, 3.8) is 0 Å². The van der Waals surface area contributed by atoms with Crippen molar-refractivity contribution in [1.82, 2.24) is 4.72 Å². The van der Waals surface area contributed by atoms with Crippen LogP contribution in [0.3, 0.4) is 0 Å². The molecule has 1 nitrogen and oxygen atoms in total. The van der Waals surface area contributed by atoms with Gasteiger partial charge in [0.05, 0.1) is 0 Å². The molecule has 11 heavy (non-hydrogen) atoms. The van der Waals surface area contributed by atoms with Gasteiger partial charge in [-0.05, 0) is 31.0 Å². The lowest BCUT2D eigenvalue weighted by Gasteiger charge is -2.00.